The van der Waals surface area contributed by atoms with Crippen LogP contribution in [-0.2, 0) is 0 Å². The number of aromatic amines is 2. The van der Waals surface area contributed by atoms with Crippen LogP contribution in [0.5, 0.6) is 5.75 Å². The van der Waals surface area contributed by atoms with Gasteiger partial charge in [0.2, 0.25) is 0 Å². The van der Waals surface area contributed by atoms with Crippen LogP contribution in [0.4, 0.5) is 0 Å². The molecular formula is C12H10N2O2S. The zero-order valence-corrected chi connectivity index (χ0v) is 9.93. The lowest BCUT2D eigenvalue weighted by Gasteiger charge is -2.07. The van der Waals surface area contributed by atoms with E-state index in [0.717, 1.165) is 22.7 Å². The summed E-state index contributed by atoms with van der Waals surface area (Å²) < 4.78 is 8.21. The minimum Gasteiger partial charge on any atom is -0.497 e. The highest BCUT2D eigenvalue weighted by Crippen LogP contribution is 2.22. The summed E-state index contributed by atoms with van der Waals surface area (Å²) >= 11 is 1.50. The molecule has 0 aliphatic rings. The van der Waals surface area contributed by atoms with Gasteiger partial charge in [0.25, 0.3) is 0 Å². The van der Waals surface area contributed by atoms with Gasteiger partial charge in [-0.15, -0.1) is 0 Å². The normalized spacial score (nSPS) is 10.9. The molecule has 2 N–H and O–H groups in total. The Labute approximate surface area is 101 Å². The van der Waals surface area contributed by atoms with Gasteiger partial charge < -0.3 is 14.1 Å². The summed E-state index contributed by atoms with van der Waals surface area (Å²) in [6.07, 6.45) is 0. The molecular weight excluding hydrogens is 236 g/mol. The van der Waals surface area contributed by atoms with Crippen LogP contribution in [0.15, 0.2) is 34.4 Å². The molecule has 2 aromatic heterocycles. The molecule has 5 heteroatoms. The molecule has 0 aliphatic carbocycles. The van der Waals surface area contributed by atoms with Gasteiger partial charge in [-0.1, -0.05) is 11.5 Å². The van der Waals surface area contributed by atoms with Crippen molar-refractivity contribution in [2.75, 3.05) is 7.11 Å². The Bertz CT molecular complexity index is 714. The molecule has 86 valence electrons. The van der Waals surface area contributed by atoms with E-state index < -0.39 is 0 Å². The monoisotopic (exact) mass is 246 g/mol. The maximum Gasteiger partial charge on any atom is 0.190 e. The second-order valence-electron chi connectivity index (χ2n) is 3.71. The Morgan fingerprint density at radius 3 is 2.71 bits per heavy atom. The fraction of sp³-hybridized carbons (Fsp3) is 0.0833. The maximum atomic E-state index is 11.9. The summed E-state index contributed by atoms with van der Waals surface area (Å²) in [5, 5.41) is 2.62. The summed E-state index contributed by atoms with van der Waals surface area (Å²) in [6, 6.07) is 6.99. The van der Waals surface area contributed by atoms with Crippen molar-refractivity contribution in [1.82, 2.24) is 9.36 Å². The second kappa shape index (κ2) is 3.78. The number of benzene rings is 1. The molecule has 2 heterocycles. The summed E-state index contributed by atoms with van der Waals surface area (Å²) in [5.41, 5.74) is 2.54. The first-order chi connectivity index (χ1) is 8.28. The van der Waals surface area contributed by atoms with Crippen LogP contribution in [0.3, 0.4) is 0 Å². The Morgan fingerprint density at radius 2 is 2.06 bits per heavy atom. The minimum atomic E-state index is 0.0102. The van der Waals surface area contributed by atoms with Crippen LogP contribution in [0.1, 0.15) is 0 Å². The molecule has 3 aromatic rings. The highest BCUT2D eigenvalue weighted by Gasteiger charge is 2.06. The van der Waals surface area contributed by atoms with Gasteiger partial charge in [0.05, 0.1) is 24.0 Å². The van der Waals surface area contributed by atoms with E-state index >= 15 is 0 Å². The molecule has 0 unspecified atom stereocenters. The Kier molecular flexibility index (Phi) is 2.26. The van der Waals surface area contributed by atoms with Gasteiger partial charge in [0.15, 0.2) is 5.43 Å². The van der Waals surface area contributed by atoms with E-state index in [-0.39, 0.29) is 5.43 Å². The zero-order chi connectivity index (χ0) is 11.8. The lowest BCUT2D eigenvalue weighted by molar-refractivity contribution is 0.415. The van der Waals surface area contributed by atoms with Crippen LogP contribution < -0.4 is 10.2 Å². The largest absolute Gasteiger partial charge is 0.497 e. The number of pyridine rings is 1. The van der Waals surface area contributed by atoms with Gasteiger partial charge in [-0.05, 0) is 12.1 Å². The van der Waals surface area contributed by atoms with Crippen molar-refractivity contribution in [3.63, 3.8) is 0 Å². The summed E-state index contributed by atoms with van der Waals surface area (Å²) in [4.78, 5) is 15.1. The molecule has 0 amide bonds. The first kappa shape index (κ1) is 10.2. The van der Waals surface area contributed by atoms with E-state index in [0.29, 0.717) is 5.39 Å². The number of aromatic nitrogens is 2. The third-order valence-corrected chi connectivity index (χ3v) is 3.36. The number of rotatable bonds is 2. The van der Waals surface area contributed by atoms with Crippen molar-refractivity contribution >= 4 is 22.4 Å². The van der Waals surface area contributed by atoms with E-state index in [4.69, 9.17) is 4.74 Å². The van der Waals surface area contributed by atoms with E-state index in [1.165, 1.54) is 11.5 Å². The van der Waals surface area contributed by atoms with Crippen LogP contribution >= 0.6 is 11.5 Å². The molecule has 0 aliphatic heterocycles. The summed E-state index contributed by atoms with van der Waals surface area (Å²) in [6.45, 7) is 0. The Hall–Kier alpha value is -2.01. The SMILES string of the molecule is COc1ccc2c(=O)cc(-c3cs[nH]3)[nH]c2c1. The minimum absolute atomic E-state index is 0.0102. The fourth-order valence-corrected chi connectivity index (χ4v) is 2.21. The number of fused-ring (bicyclic) bond motifs is 1. The first-order valence-electron chi connectivity index (χ1n) is 5.11. The second-order valence-corrected chi connectivity index (χ2v) is 4.39. The first-order valence-corrected chi connectivity index (χ1v) is 5.99. The zero-order valence-electron chi connectivity index (χ0n) is 9.11. The molecule has 17 heavy (non-hydrogen) atoms. The number of hydrogen-bond donors (Lipinski definition) is 2. The maximum absolute atomic E-state index is 11.9. The Balaban J connectivity index is 2.28. The summed E-state index contributed by atoms with van der Waals surface area (Å²) in [5.74, 6) is 0.732. The van der Waals surface area contributed by atoms with Gasteiger partial charge in [0.1, 0.15) is 5.75 Å². The topological polar surface area (TPSA) is 57.9 Å². The molecule has 0 radical (unpaired) electrons. The third-order valence-electron chi connectivity index (χ3n) is 2.67. The van der Waals surface area contributed by atoms with Crippen molar-refractivity contribution < 1.29 is 4.74 Å². The average molecular weight is 246 g/mol. The average Bonchev–Trinajstić information content (AvgIpc) is 2.26. The molecule has 1 aromatic carbocycles. The van der Waals surface area contributed by atoms with Gasteiger partial charge in [-0.3, -0.25) is 4.79 Å². The highest BCUT2D eigenvalue weighted by atomic mass is 32.1. The van der Waals surface area contributed by atoms with Crippen LogP contribution in [0.2, 0.25) is 0 Å². The van der Waals surface area contributed by atoms with Gasteiger partial charge in [-0.2, -0.15) is 0 Å². The molecule has 0 saturated carbocycles. The van der Waals surface area contributed by atoms with E-state index in [1.807, 2.05) is 11.4 Å². The van der Waals surface area contributed by atoms with Gasteiger partial charge in [-0.25, -0.2) is 0 Å². The fourth-order valence-electron chi connectivity index (χ4n) is 1.74. The number of ether oxygens (including phenoxy) is 1. The van der Waals surface area contributed by atoms with Gasteiger partial charge >= 0.3 is 0 Å². The van der Waals surface area contributed by atoms with Crippen molar-refractivity contribution in [3.8, 4) is 17.1 Å². The number of methoxy groups -OCH3 is 1. The molecule has 0 spiro atoms. The predicted octanol–water partition coefficient (Wildman–Crippen LogP) is 2.59. The number of H-pyrrole nitrogens is 2. The Morgan fingerprint density at radius 1 is 1.24 bits per heavy atom. The third kappa shape index (κ3) is 1.64. The summed E-state index contributed by atoms with van der Waals surface area (Å²) in [7, 11) is 1.61. The van der Waals surface area contributed by atoms with Crippen molar-refractivity contribution in [3.05, 3.63) is 39.9 Å². The molecule has 4 nitrogen and oxygen atoms in total. The van der Waals surface area contributed by atoms with Crippen molar-refractivity contribution in [1.29, 1.82) is 0 Å². The predicted molar refractivity (Wildman–Crippen MR) is 68.8 cm³/mol. The number of nitrogens with one attached hydrogen (secondary N) is 2. The quantitative estimate of drug-likeness (QED) is 0.730. The lowest BCUT2D eigenvalue weighted by atomic mass is 10.1. The lowest BCUT2D eigenvalue weighted by Crippen LogP contribution is -2.03. The molecule has 0 bridgehead atoms. The smallest absolute Gasteiger partial charge is 0.190 e. The van der Waals surface area contributed by atoms with Gasteiger partial charge in [0, 0.05) is 22.9 Å². The standard InChI is InChI=1S/C12H10N2O2S/c1-16-7-2-3-8-9(4-7)13-10(5-12(8)15)11-6-17-14-11/h2-6,14H,1H3,(H,13,15). The molecule has 0 fully saturated rings. The molecule has 0 saturated heterocycles. The molecule has 3 rings (SSSR count). The van der Waals surface area contributed by atoms with Crippen LogP contribution in [0, 0.1) is 0 Å². The van der Waals surface area contributed by atoms with E-state index in [1.54, 1.807) is 25.3 Å². The van der Waals surface area contributed by atoms with Crippen LogP contribution in [-0.4, -0.2) is 16.5 Å². The van der Waals surface area contributed by atoms with E-state index in [9.17, 15) is 4.79 Å². The highest BCUT2D eigenvalue weighted by molar-refractivity contribution is 7.05. The van der Waals surface area contributed by atoms with Crippen LogP contribution in [0.25, 0.3) is 22.3 Å². The van der Waals surface area contributed by atoms with E-state index in [2.05, 4.69) is 9.36 Å². The van der Waals surface area contributed by atoms with Crippen molar-refractivity contribution in [2.24, 2.45) is 0 Å². The van der Waals surface area contributed by atoms with Crippen molar-refractivity contribution in [2.45, 2.75) is 0 Å². The number of hydrogen-bond acceptors (Lipinski definition) is 3. The molecule has 0 atom stereocenters.